The van der Waals surface area contributed by atoms with E-state index in [9.17, 15) is 9.59 Å². The lowest BCUT2D eigenvalue weighted by molar-refractivity contribution is -0.122. The van der Waals surface area contributed by atoms with E-state index in [0.29, 0.717) is 5.69 Å². The Bertz CT molecular complexity index is 1080. The third-order valence-electron chi connectivity index (χ3n) is 6.53. The van der Waals surface area contributed by atoms with Crippen molar-refractivity contribution in [3.05, 3.63) is 113 Å². The smallest absolute Gasteiger partial charge is 0.238 e. The second kappa shape index (κ2) is 7.66. The van der Waals surface area contributed by atoms with Gasteiger partial charge in [-0.15, -0.1) is 0 Å². The molecule has 3 heteroatoms. The molecule has 3 aromatic rings. The Balaban J connectivity index is 1.64. The number of rotatable bonds is 3. The van der Waals surface area contributed by atoms with Crippen LogP contribution in [0.1, 0.15) is 34.1 Å². The molecule has 1 heterocycles. The van der Waals surface area contributed by atoms with Crippen molar-refractivity contribution in [3.8, 4) is 0 Å². The van der Waals surface area contributed by atoms with Gasteiger partial charge in [0.1, 0.15) is 0 Å². The van der Waals surface area contributed by atoms with Gasteiger partial charge in [-0.2, -0.15) is 0 Å². The van der Waals surface area contributed by atoms with Crippen molar-refractivity contribution in [2.45, 2.75) is 25.7 Å². The molecule has 3 aromatic carbocycles. The Morgan fingerprint density at radius 2 is 1.03 bits per heavy atom. The molecule has 154 valence electrons. The summed E-state index contributed by atoms with van der Waals surface area (Å²) in [6.07, 6.45) is 4.26. The number of fused-ring (bicyclic) bond motifs is 1. The molecule has 0 saturated carbocycles. The molecule has 0 N–H and O–H groups in total. The van der Waals surface area contributed by atoms with E-state index in [1.807, 2.05) is 86.6 Å². The molecular weight excluding hydrogens is 382 g/mol. The molecule has 5 rings (SSSR count). The number of carbonyl (C=O) groups excluding carboxylic acids is 2. The van der Waals surface area contributed by atoms with Crippen LogP contribution in [0.2, 0.25) is 0 Å². The summed E-state index contributed by atoms with van der Waals surface area (Å²) in [4.78, 5) is 29.0. The Hall–Kier alpha value is -3.46. The Kier molecular flexibility index (Phi) is 4.82. The number of amides is 2. The highest BCUT2D eigenvalue weighted by atomic mass is 16.2. The predicted octanol–water partition coefficient (Wildman–Crippen LogP) is 5.55. The van der Waals surface area contributed by atoms with Crippen LogP contribution in [0, 0.1) is 25.7 Å². The topological polar surface area (TPSA) is 37.4 Å². The minimum absolute atomic E-state index is 0.0980. The molecule has 2 aliphatic rings. The van der Waals surface area contributed by atoms with Crippen LogP contribution in [0.5, 0.6) is 0 Å². The fourth-order valence-electron chi connectivity index (χ4n) is 5.27. The zero-order valence-electron chi connectivity index (χ0n) is 17.7. The first-order valence-electron chi connectivity index (χ1n) is 10.8. The van der Waals surface area contributed by atoms with Crippen LogP contribution in [0.15, 0.2) is 91.0 Å². The van der Waals surface area contributed by atoms with E-state index in [1.165, 1.54) is 4.90 Å². The lowest BCUT2D eigenvalue weighted by atomic mass is 9.68. The highest BCUT2D eigenvalue weighted by Crippen LogP contribution is 2.50. The first-order chi connectivity index (χ1) is 15.0. The van der Waals surface area contributed by atoms with Crippen molar-refractivity contribution in [3.63, 3.8) is 0 Å². The normalized spacial score (nSPS) is 25.0. The van der Waals surface area contributed by atoms with E-state index < -0.39 is 11.8 Å². The summed E-state index contributed by atoms with van der Waals surface area (Å²) in [5.41, 5.74) is 4.92. The molecule has 0 radical (unpaired) electrons. The van der Waals surface area contributed by atoms with Crippen LogP contribution in [-0.2, 0) is 9.59 Å². The molecule has 0 aromatic heterocycles. The van der Waals surface area contributed by atoms with Gasteiger partial charge in [-0.3, -0.25) is 9.59 Å². The van der Waals surface area contributed by atoms with Crippen molar-refractivity contribution in [1.82, 2.24) is 0 Å². The minimum Gasteiger partial charge on any atom is -0.274 e. The lowest BCUT2D eigenvalue weighted by Crippen LogP contribution is -2.31. The van der Waals surface area contributed by atoms with Gasteiger partial charge < -0.3 is 0 Å². The molecule has 2 amide bonds. The maximum absolute atomic E-state index is 13.8. The van der Waals surface area contributed by atoms with Crippen molar-refractivity contribution in [2.24, 2.45) is 11.8 Å². The summed E-state index contributed by atoms with van der Waals surface area (Å²) < 4.78 is 0. The SMILES string of the molecule is Cc1cc(C)cc(N2C(=O)[C@@H]3[C@H](C2=O)[C@H](c2ccccc2)C=C[C@H]3c2ccccc2)c1. The number of hydrogen-bond donors (Lipinski definition) is 0. The molecular formula is C28H25NO2. The van der Waals surface area contributed by atoms with Gasteiger partial charge >= 0.3 is 0 Å². The maximum Gasteiger partial charge on any atom is 0.238 e. The number of imide groups is 1. The third kappa shape index (κ3) is 3.31. The van der Waals surface area contributed by atoms with Crippen molar-refractivity contribution < 1.29 is 9.59 Å². The van der Waals surface area contributed by atoms with Gasteiger partial charge in [0.05, 0.1) is 17.5 Å². The second-order valence-corrected chi connectivity index (χ2v) is 8.67. The fourth-order valence-corrected chi connectivity index (χ4v) is 5.27. The molecule has 0 unspecified atom stereocenters. The first kappa shape index (κ1) is 19.5. The van der Waals surface area contributed by atoms with E-state index in [2.05, 4.69) is 18.2 Å². The number of anilines is 1. The van der Waals surface area contributed by atoms with E-state index in [4.69, 9.17) is 0 Å². The van der Waals surface area contributed by atoms with E-state index >= 15 is 0 Å². The van der Waals surface area contributed by atoms with E-state index in [1.54, 1.807) is 0 Å². The van der Waals surface area contributed by atoms with E-state index in [-0.39, 0.29) is 23.7 Å². The van der Waals surface area contributed by atoms with Crippen LogP contribution < -0.4 is 4.90 Å². The van der Waals surface area contributed by atoms with Gasteiger partial charge in [-0.25, -0.2) is 4.90 Å². The van der Waals surface area contributed by atoms with Crippen molar-refractivity contribution in [2.75, 3.05) is 4.90 Å². The van der Waals surface area contributed by atoms with E-state index in [0.717, 1.165) is 22.3 Å². The Labute approximate surface area is 183 Å². The van der Waals surface area contributed by atoms with Crippen LogP contribution >= 0.6 is 0 Å². The molecule has 0 spiro atoms. The van der Waals surface area contributed by atoms with Crippen LogP contribution in [0.3, 0.4) is 0 Å². The van der Waals surface area contributed by atoms with Crippen LogP contribution in [0.25, 0.3) is 0 Å². The highest BCUT2D eigenvalue weighted by molar-refractivity contribution is 6.23. The van der Waals surface area contributed by atoms with Gasteiger partial charge in [0.15, 0.2) is 0 Å². The summed E-state index contributed by atoms with van der Waals surface area (Å²) in [5.74, 6) is -1.24. The minimum atomic E-state index is -0.411. The zero-order valence-corrected chi connectivity index (χ0v) is 17.7. The lowest BCUT2D eigenvalue weighted by Gasteiger charge is -2.32. The molecule has 1 aliphatic heterocycles. The second-order valence-electron chi connectivity index (χ2n) is 8.67. The summed E-state index contributed by atoms with van der Waals surface area (Å²) >= 11 is 0. The molecule has 1 saturated heterocycles. The van der Waals surface area contributed by atoms with Crippen molar-refractivity contribution in [1.29, 1.82) is 0 Å². The Morgan fingerprint density at radius 3 is 1.45 bits per heavy atom. The maximum atomic E-state index is 13.8. The monoisotopic (exact) mass is 407 g/mol. The molecule has 4 atom stereocenters. The molecule has 31 heavy (non-hydrogen) atoms. The average Bonchev–Trinajstić information content (AvgIpc) is 3.04. The van der Waals surface area contributed by atoms with Crippen LogP contribution in [-0.4, -0.2) is 11.8 Å². The zero-order chi connectivity index (χ0) is 21.5. The number of aryl methyl sites for hydroxylation is 2. The van der Waals surface area contributed by atoms with Crippen molar-refractivity contribution >= 4 is 17.5 Å². The third-order valence-corrected chi connectivity index (χ3v) is 6.53. The Morgan fingerprint density at radius 1 is 0.613 bits per heavy atom. The highest BCUT2D eigenvalue weighted by Gasteiger charge is 2.55. The summed E-state index contributed by atoms with van der Waals surface area (Å²) in [7, 11) is 0. The molecule has 1 aliphatic carbocycles. The molecule has 1 fully saturated rings. The largest absolute Gasteiger partial charge is 0.274 e. The molecule has 0 bridgehead atoms. The molecule has 3 nitrogen and oxygen atoms in total. The number of nitrogens with zero attached hydrogens (tertiary/aromatic N) is 1. The first-order valence-corrected chi connectivity index (χ1v) is 10.8. The number of benzene rings is 3. The van der Waals surface area contributed by atoms with Gasteiger partial charge in [0.25, 0.3) is 0 Å². The van der Waals surface area contributed by atoms with Gasteiger partial charge in [-0.1, -0.05) is 78.9 Å². The fraction of sp³-hybridized carbons (Fsp3) is 0.214. The van der Waals surface area contributed by atoms with Gasteiger partial charge in [0.2, 0.25) is 11.8 Å². The average molecular weight is 408 g/mol. The van der Waals surface area contributed by atoms with Crippen LogP contribution in [0.4, 0.5) is 5.69 Å². The number of hydrogen-bond acceptors (Lipinski definition) is 2. The number of allylic oxidation sites excluding steroid dienone is 2. The number of carbonyl (C=O) groups is 2. The van der Waals surface area contributed by atoms with Gasteiger partial charge in [-0.05, 0) is 48.2 Å². The van der Waals surface area contributed by atoms with Gasteiger partial charge in [0, 0.05) is 11.8 Å². The quantitative estimate of drug-likeness (QED) is 0.422. The standard InChI is InChI=1S/C28H25NO2/c1-18-15-19(2)17-22(16-18)29-27(30)25-23(20-9-5-3-6-10-20)13-14-24(26(25)28(29)31)21-11-7-4-8-12-21/h3-17,23-26H,1-2H3/t23-,24-,25-,26+/m0/s1. The summed E-state index contributed by atoms with van der Waals surface area (Å²) in [6, 6.07) is 26.0. The predicted molar refractivity (Wildman–Crippen MR) is 123 cm³/mol. The summed E-state index contributed by atoms with van der Waals surface area (Å²) in [5, 5.41) is 0. The summed E-state index contributed by atoms with van der Waals surface area (Å²) in [6.45, 7) is 3.99.